The van der Waals surface area contributed by atoms with Gasteiger partial charge in [-0.15, -0.1) is 0 Å². The third kappa shape index (κ3) is 1.66. The molecule has 1 aliphatic carbocycles. The molecule has 3 heteroatoms. The Labute approximate surface area is 93.8 Å². The second kappa shape index (κ2) is 3.32. The monoisotopic (exact) mass is 260 g/mol. The van der Waals surface area contributed by atoms with E-state index < -0.39 is 0 Å². The maximum atomic E-state index is 6.06. The molecule has 2 nitrogen and oxygen atoms in total. The first kappa shape index (κ1) is 10.7. The lowest BCUT2D eigenvalue weighted by Crippen LogP contribution is -2.33. The molecule has 2 rings (SSSR count). The molecule has 0 aromatic rings. The van der Waals surface area contributed by atoms with Crippen LogP contribution in [-0.4, -0.2) is 17.5 Å². The van der Waals surface area contributed by atoms with Gasteiger partial charge >= 0.3 is 0 Å². The Morgan fingerprint density at radius 2 is 1.93 bits per heavy atom. The van der Waals surface area contributed by atoms with Gasteiger partial charge in [0.15, 0.2) is 5.79 Å². The Morgan fingerprint density at radius 3 is 2.36 bits per heavy atom. The van der Waals surface area contributed by atoms with E-state index in [1.54, 1.807) is 0 Å². The molecule has 0 radical (unpaired) electrons. The highest BCUT2D eigenvalue weighted by Gasteiger charge is 2.53. The average molecular weight is 261 g/mol. The van der Waals surface area contributed by atoms with Crippen LogP contribution in [0, 0.1) is 0 Å². The quantitative estimate of drug-likeness (QED) is 0.720. The van der Waals surface area contributed by atoms with E-state index in [9.17, 15) is 0 Å². The molecule has 2 fully saturated rings. The van der Waals surface area contributed by atoms with Gasteiger partial charge in [-0.2, -0.15) is 0 Å². The molecule has 0 amide bonds. The molecule has 14 heavy (non-hydrogen) atoms. The second-order valence-electron chi connectivity index (χ2n) is 4.77. The molecule has 0 aromatic heterocycles. The van der Waals surface area contributed by atoms with Gasteiger partial charge in [-0.1, -0.05) is 22.5 Å². The van der Waals surface area contributed by atoms with E-state index in [4.69, 9.17) is 9.47 Å². The van der Waals surface area contributed by atoms with Crippen LogP contribution in [0.25, 0.3) is 0 Å². The van der Waals surface area contributed by atoms with Crippen molar-refractivity contribution in [1.82, 2.24) is 0 Å². The summed E-state index contributed by atoms with van der Waals surface area (Å²) in [5.41, 5.74) is -0.259. The van der Waals surface area contributed by atoms with Crippen LogP contribution in [0.15, 0.2) is 11.1 Å². The van der Waals surface area contributed by atoms with E-state index in [1.807, 2.05) is 0 Å². The Morgan fingerprint density at radius 1 is 1.36 bits per heavy atom. The van der Waals surface area contributed by atoms with E-state index in [0.29, 0.717) is 0 Å². The maximum Gasteiger partial charge on any atom is 0.170 e. The first-order valence-corrected chi connectivity index (χ1v) is 5.97. The van der Waals surface area contributed by atoms with Crippen LogP contribution in [0.3, 0.4) is 0 Å². The Kier molecular flexibility index (Phi) is 2.53. The van der Waals surface area contributed by atoms with Crippen molar-refractivity contribution in [3.05, 3.63) is 11.1 Å². The topological polar surface area (TPSA) is 18.5 Å². The number of halogens is 1. The summed E-state index contributed by atoms with van der Waals surface area (Å²) in [4.78, 5) is 0. The summed E-state index contributed by atoms with van der Waals surface area (Å²) in [7, 11) is 0. The zero-order chi connectivity index (χ0) is 10.4. The number of hydrogen-bond donors (Lipinski definition) is 0. The number of ether oxygens (including phenoxy) is 2. The van der Waals surface area contributed by atoms with Crippen molar-refractivity contribution in [2.45, 2.75) is 57.0 Å². The van der Waals surface area contributed by atoms with Crippen molar-refractivity contribution < 1.29 is 9.47 Å². The molecule has 0 N–H and O–H groups in total. The molecule has 0 unspecified atom stereocenters. The highest BCUT2D eigenvalue weighted by atomic mass is 79.9. The first-order valence-electron chi connectivity index (χ1n) is 5.18. The molecule has 80 valence electrons. The van der Waals surface area contributed by atoms with Crippen LogP contribution >= 0.6 is 15.9 Å². The Balaban J connectivity index is 2.19. The number of hydrogen-bond acceptors (Lipinski definition) is 2. The van der Waals surface area contributed by atoms with Gasteiger partial charge in [0, 0.05) is 17.3 Å². The van der Waals surface area contributed by atoms with Crippen LogP contribution in [0.5, 0.6) is 0 Å². The largest absolute Gasteiger partial charge is 0.341 e. The van der Waals surface area contributed by atoms with Gasteiger partial charge in [0.25, 0.3) is 0 Å². The normalized spacial score (nSPS) is 33.8. The predicted molar refractivity (Wildman–Crippen MR) is 59.3 cm³/mol. The maximum absolute atomic E-state index is 6.06. The summed E-state index contributed by atoms with van der Waals surface area (Å²) < 4.78 is 13.0. The van der Waals surface area contributed by atoms with Crippen LogP contribution < -0.4 is 0 Å². The average Bonchev–Trinajstić information content (AvgIpc) is 2.57. The third-order valence-corrected chi connectivity index (χ3v) is 3.48. The summed E-state index contributed by atoms with van der Waals surface area (Å²) in [6.45, 7) is 8.03. The fraction of sp³-hybridized carbons (Fsp3) is 0.818. The van der Waals surface area contributed by atoms with E-state index in [2.05, 4.69) is 36.4 Å². The van der Waals surface area contributed by atoms with Crippen molar-refractivity contribution >= 4 is 15.9 Å². The SMILES string of the molecule is C=C(Br)[C@H]1OC2(CCCC2)OC1(C)C. The van der Waals surface area contributed by atoms with Crippen molar-refractivity contribution in [3.63, 3.8) is 0 Å². The molecule has 2 aliphatic rings. The van der Waals surface area contributed by atoms with Crippen molar-refractivity contribution in [3.8, 4) is 0 Å². The lowest BCUT2D eigenvalue weighted by Gasteiger charge is -2.24. The highest BCUT2D eigenvalue weighted by molar-refractivity contribution is 9.11. The fourth-order valence-electron chi connectivity index (χ4n) is 2.49. The van der Waals surface area contributed by atoms with Crippen LogP contribution in [0.1, 0.15) is 39.5 Å². The molecule has 1 heterocycles. The fourth-order valence-corrected chi connectivity index (χ4v) is 3.13. The standard InChI is InChI=1S/C11H17BrO2/c1-8(12)9-10(2,3)14-11(13-9)6-4-5-7-11/h9H,1,4-7H2,2-3H3/t9-/m1/s1. The van der Waals surface area contributed by atoms with E-state index in [1.165, 1.54) is 12.8 Å². The molecule has 1 saturated carbocycles. The van der Waals surface area contributed by atoms with Gasteiger partial charge in [0.2, 0.25) is 0 Å². The molecular formula is C11H17BrO2. The van der Waals surface area contributed by atoms with Crippen LogP contribution in [0.2, 0.25) is 0 Å². The summed E-state index contributed by atoms with van der Waals surface area (Å²) in [5.74, 6) is -0.315. The smallest absolute Gasteiger partial charge is 0.170 e. The van der Waals surface area contributed by atoms with E-state index >= 15 is 0 Å². The Hall–Kier alpha value is 0.140. The lowest BCUT2D eigenvalue weighted by atomic mass is 10.0. The molecule has 1 spiro atoms. The summed E-state index contributed by atoms with van der Waals surface area (Å²) in [5, 5.41) is 0. The molecular weight excluding hydrogens is 244 g/mol. The first-order chi connectivity index (χ1) is 6.45. The second-order valence-corrected chi connectivity index (χ2v) is 5.79. The van der Waals surface area contributed by atoms with Gasteiger partial charge < -0.3 is 9.47 Å². The van der Waals surface area contributed by atoms with Crippen molar-refractivity contribution in [1.29, 1.82) is 0 Å². The summed E-state index contributed by atoms with van der Waals surface area (Å²) in [6.07, 6.45) is 4.43. The third-order valence-electron chi connectivity index (χ3n) is 3.06. The van der Waals surface area contributed by atoms with Crippen LogP contribution in [-0.2, 0) is 9.47 Å². The van der Waals surface area contributed by atoms with Crippen molar-refractivity contribution in [2.75, 3.05) is 0 Å². The molecule has 1 saturated heterocycles. The molecule has 1 atom stereocenters. The zero-order valence-corrected chi connectivity index (χ0v) is 10.4. The van der Waals surface area contributed by atoms with Gasteiger partial charge in [0.05, 0.1) is 5.60 Å². The minimum atomic E-state index is -0.315. The van der Waals surface area contributed by atoms with Crippen LogP contribution in [0.4, 0.5) is 0 Å². The van der Waals surface area contributed by atoms with Gasteiger partial charge in [0.1, 0.15) is 6.10 Å². The van der Waals surface area contributed by atoms with E-state index in [-0.39, 0.29) is 17.5 Å². The van der Waals surface area contributed by atoms with Gasteiger partial charge in [-0.05, 0) is 26.7 Å². The summed E-state index contributed by atoms with van der Waals surface area (Å²) in [6, 6.07) is 0. The van der Waals surface area contributed by atoms with E-state index in [0.717, 1.165) is 17.3 Å². The minimum Gasteiger partial charge on any atom is -0.341 e. The minimum absolute atomic E-state index is 0.0272. The number of rotatable bonds is 1. The van der Waals surface area contributed by atoms with Crippen molar-refractivity contribution in [2.24, 2.45) is 0 Å². The lowest BCUT2D eigenvalue weighted by molar-refractivity contribution is -0.177. The predicted octanol–water partition coefficient (Wildman–Crippen LogP) is 3.36. The molecule has 1 aliphatic heterocycles. The molecule has 0 aromatic carbocycles. The van der Waals surface area contributed by atoms with Gasteiger partial charge in [-0.25, -0.2) is 0 Å². The van der Waals surface area contributed by atoms with Gasteiger partial charge in [-0.3, -0.25) is 0 Å². The highest BCUT2D eigenvalue weighted by Crippen LogP contribution is 2.48. The molecule has 0 bridgehead atoms. The Bertz CT molecular complexity index is 254. The zero-order valence-electron chi connectivity index (χ0n) is 8.81. The summed E-state index contributed by atoms with van der Waals surface area (Å²) >= 11 is 3.41.